The SMILES string of the molecule is CCc1nc2c(C(=O)NCc3nn(-c4ccccc4)nc3C)cccn2c1C(=O)N[C@H](CO)CC(C)C. The summed E-state index contributed by atoms with van der Waals surface area (Å²) in [7, 11) is 0. The normalized spacial score (nSPS) is 12.2. The largest absolute Gasteiger partial charge is 0.394 e. The van der Waals surface area contributed by atoms with Crippen molar-refractivity contribution in [2.45, 2.75) is 53.1 Å². The van der Waals surface area contributed by atoms with Crippen molar-refractivity contribution in [1.29, 1.82) is 0 Å². The van der Waals surface area contributed by atoms with Crippen molar-refractivity contribution in [3.63, 3.8) is 0 Å². The van der Waals surface area contributed by atoms with Crippen LogP contribution < -0.4 is 10.6 Å². The lowest BCUT2D eigenvalue weighted by Crippen LogP contribution is -2.39. The minimum atomic E-state index is -0.359. The number of carbonyl (C=O) groups excluding carboxylic acids is 2. The molecule has 1 aromatic carbocycles. The number of aryl methyl sites for hydroxylation is 2. The van der Waals surface area contributed by atoms with E-state index in [1.165, 1.54) is 0 Å². The topological polar surface area (TPSA) is 126 Å². The molecule has 0 aliphatic rings. The fourth-order valence-corrected chi connectivity index (χ4v) is 4.29. The number of para-hydroxylation sites is 1. The van der Waals surface area contributed by atoms with Gasteiger partial charge < -0.3 is 15.7 Å². The maximum atomic E-state index is 13.2. The van der Waals surface area contributed by atoms with Gasteiger partial charge in [-0.25, -0.2) is 4.98 Å². The molecule has 0 saturated heterocycles. The van der Waals surface area contributed by atoms with Crippen LogP contribution in [0.1, 0.15) is 65.1 Å². The van der Waals surface area contributed by atoms with Gasteiger partial charge >= 0.3 is 0 Å². The van der Waals surface area contributed by atoms with Crippen molar-refractivity contribution < 1.29 is 14.7 Å². The molecule has 0 aliphatic heterocycles. The molecule has 194 valence electrons. The summed E-state index contributed by atoms with van der Waals surface area (Å²) in [5.41, 5.74) is 3.91. The van der Waals surface area contributed by atoms with Crippen LogP contribution in [0.15, 0.2) is 48.7 Å². The van der Waals surface area contributed by atoms with Crippen LogP contribution in [-0.4, -0.2) is 53.9 Å². The molecule has 1 atom stereocenters. The molecule has 4 aromatic rings. The Balaban J connectivity index is 1.56. The predicted molar refractivity (Wildman–Crippen MR) is 140 cm³/mol. The number of hydrogen-bond acceptors (Lipinski definition) is 6. The van der Waals surface area contributed by atoms with Crippen LogP contribution in [0.5, 0.6) is 0 Å². The van der Waals surface area contributed by atoms with Gasteiger partial charge in [0.15, 0.2) is 5.65 Å². The summed E-state index contributed by atoms with van der Waals surface area (Å²) in [6.07, 6.45) is 2.89. The van der Waals surface area contributed by atoms with Crippen molar-refractivity contribution in [2.24, 2.45) is 5.92 Å². The van der Waals surface area contributed by atoms with Gasteiger partial charge in [0.05, 0.1) is 41.8 Å². The van der Waals surface area contributed by atoms with Crippen LogP contribution in [-0.2, 0) is 13.0 Å². The van der Waals surface area contributed by atoms with Gasteiger partial charge in [0.25, 0.3) is 11.8 Å². The van der Waals surface area contributed by atoms with Crippen molar-refractivity contribution >= 4 is 17.5 Å². The molecule has 3 N–H and O–H groups in total. The molecule has 4 rings (SSSR count). The number of imidazole rings is 1. The Bertz CT molecular complexity index is 1390. The first kappa shape index (κ1) is 26.0. The molecular formula is C27H33N7O3. The first-order valence-corrected chi connectivity index (χ1v) is 12.5. The van der Waals surface area contributed by atoms with Gasteiger partial charge in [0.1, 0.15) is 11.4 Å². The highest BCUT2D eigenvalue weighted by molar-refractivity contribution is 6.01. The Morgan fingerprint density at radius 3 is 2.46 bits per heavy atom. The predicted octanol–water partition coefficient (Wildman–Crippen LogP) is 2.85. The number of rotatable bonds is 10. The number of carbonyl (C=O) groups is 2. The molecule has 10 nitrogen and oxygen atoms in total. The van der Waals surface area contributed by atoms with Gasteiger partial charge in [0.2, 0.25) is 0 Å². The maximum absolute atomic E-state index is 13.2. The summed E-state index contributed by atoms with van der Waals surface area (Å²) < 4.78 is 1.64. The van der Waals surface area contributed by atoms with E-state index in [2.05, 4.69) is 25.8 Å². The van der Waals surface area contributed by atoms with Crippen LogP contribution in [0.3, 0.4) is 0 Å². The molecule has 0 unspecified atom stereocenters. The molecule has 0 aliphatic carbocycles. The number of nitrogens with zero attached hydrogens (tertiary/aromatic N) is 5. The third-order valence-corrected chi connectivity index (χ3v) is 6.11. The molecule has 0 fully saturated rings. The summed E-state index contributed by atoms with van der Waals surface area (Å²) in [6, 6.07) is 12.6. The average molecular weight is 504 g/mol. The number of aliphatic hydroxyl groups excluding tert-OH is 1. The Hall–Kier alpha value is -4.05. The van der Waals surface area contributed by atoms with E-state index in [-0.39, 0.29) is 31.0 Å². The average Bonchev–Trinajstić information content (AvgIpc) is 3.47. The molecule has 0 saturated carbocycles. The zero-order valence-electron chi connectivity index (χ0n) is 21.6. The maximum Gasteiger partial charge on any atom is 0.270 e. The molecule has 0 spiro atoms. The quantitative estimate of drug-likeness (QED) is 0.306. The minimum absolute atomic E-state index is 0.149. The molecule has 10 heteroatoms. The second-order valence-electron chi connectivity index (χ2n) is 9.40. The number of aliphatic hydroxyl groups is 1. The molecule has 37 heavy (non-hydrogen) atoms. The van der Waals surface area contributed by atoms with Crippen LogP contribution in [0.25, 0.3) is 11.3 Å². The lowest BCUT2D eigenvalue weighted by atomic mass is 10.0. The van der Waals surface area contributed by atoms with Crippen molar-refractivity contribution in [3.05, 3.63) is 77.0 Å². The second-order valence-corrected chi connectivity index (χ2v) is 9.40. The van der Waals surface area contributed by atoms with E-state index in [0.29, 0.717) is 47.1 Å². The van der Waals surface area contributed by atoms with E-state index in [1.54, 1.807) is 27.5 Å². The van der Waals surface area contributed by atoms with Gasteiger partial charge in [0, 0.05) is 6.20 Å². The van der Waals surface area contributed by atoms with Crippen LogP contribution >= 0.6 is 0 Å². The molecule has 3 aromatic heterocycles. The number of fused-ring (bicyclic) bond motifs is 1. The number of aromatic nitrogens is 5. The number of benzene rings is 1. The van der Waals surface area contributed by atoms with Gasteiger partial charge in [-0.1, -0.05) is 39.0 Å². The van der Waals surface area contributed by atoms with Gasteiger partial charge in [-0.2, -0.15) is 15.0 Å². The fraction of sp³-hybridized carbons (Fsp3) is 0.370. The highest BCUT2D eigenvalue weighted by Crippen LogP contribution is 2.18. The van der Waals surface area contributed by atoms with Crippen molar-refractivity contribution in [1.82, 2.24) is 35.0 Å². The van der Waals surface area contributed by atoms with Gasteiger partial charge in [-0.15, -0.1) is 0 Å². The second kappa shape index (κ2) is 11.3. The number of pyridine rings is 1. The zero-order valence-corrected chi connectivity index (χ0v) is 21.6. The Morgan fingerprint density at radius 2 is 1.78 bits per heavy atom. The van der Waals surface area contributed by atoms with Crippen molar-refractivity contribution in [3.8, 4) is 5.69 Å². The summed E-state index contributed by atoms with van der Waals surface area (Å²) in [4.78, 5) is 32.6. The fourth-order valence-electron chi connectivity index (χ4n) is 4.29. The number of nitrogens with one attached hydrogen (secondary N) is 2. The minimum Gasteiger partial charge on any atom is -0.394 e. The van der Waals surface area contributed by atoms with Crippen LogP contribution in [0.4, 0.5) is 0 Å². The van der Waals surface area contributed by atoms with Crippen molar-refractivity contribution in [2.75, 3.05) is 6.61 Å². The van der Waals surface area contributed by atoms with Crippen LogP contribution in [0.2, 0.25) is 0 Å². The molecule has 0 bridgehead atoms. The monoisotopic (exact) mass is 503 g/mol. The highest BCUT2D eigenvalue weighted by Gasteiger charge is 2.24. The number of amides is 2. The van der Waals surface area contributed by atoms with E-state index in [1.807, 2.05) is 58.0 Å². The van der Waals surface area contributed by atoms with Gasteiger partial charge in [-0.05, 0) is 49.9 Å². The molecule has 2 amide bonds. The first-order chi connectivity index (χ1) is 17.8. The first-order valence-electron chi connectivity index (χ1n) is 12.5. The number of hydrogen-bond donors (Lipinski definition) is 3. The van der Waals surface area contributed by atoms with E-state index >= 15 is 0 Å². The Morgan fingerprint density at radius 1 is 1.03 bits per heavy atom. The lowest BCUT2D eigenvalue weighted by molar-refractivity contribution is 0.0899. The van der Waals surface area contributed by atoms with Crippen LogP contribution in [0, 0.1) is 12.8 Å². The Labute approximate surface area is 215 Å². The Kier molecular flexibility index (Phi) is 7.98. The lowest BCUT2D eigenvalue weighted by Gasteiger charge is -2.18. The summed E-state index contributed by atoms with van der Waals surface area (Å²) in [5.74, 6) is -0.333. The summed E-state index contributed by atoms with van der Waals surface area (Å²) >= 11 is 0. The van der Waals surface area contributed by atoms with E-state index < -0.39 is 0 Å². The summed E-state index contributed by atoms with van der Waals surface area (Å²) in [6.45, 7) is 7.88. The third-order valence-electron chi connectivity index (χ3n) is 6.11. The highest BCUT2D eigenvalue weighted by atomic mass is 16.3. The smallest absolute Gasteiger partial charge is 0.270 e. The van der Waals surface area contributed by atoms with Gasteiger partial charge in [-0.3, -0.25) is 14.0 Å². The van der Waals surface area contributed by atoms with E-state index in [9.17, 15) is 14.7 Å². The molecule has 3 heterocycles. The molecule has 0 radical (unpaired) electrons. The summed E-state index contributed by atoms with van der Waals surface area (Å²) in [5, 5.41) is 24.5. The zero-order chi connectivity index (χ0) is 26.5. The molecular weight excluding hydrogens is 470 g/mol. The van der Waals surface area contributed by atoms with E-state index in [0.717, 1.165) is 11.4 Å². The third kappa shape index (κ3) is 5.69. The van der Waals surface area contributed by atoms with E-state index in [4.69, 9.17) is 0 Å². The standard InChI is InChI=1S/C27H33N7O3/c1-5-22-24(27(37)29-19(16-35)14-17(2)3)33-13-9-12-21(25(33)30-22)26(36)28-15-23-18(4)31-34(32-23)20-10-7-6-8-11-20/h6-13,17,19,35H,5,14-16H2,1-4H3,(H,28,36)(H,29,37)/t19-/m0/s1.